The fourth-order valence-corrected chi connectivity index (χ4v) is 5.28. The number of aryl methyl sites for hydroxylation is 1. The van der Waals surface area contributed by atoms with Gasteiger partial charge in [-0.2, -0.15) is 4.31 Å². The number of nitrogens with zero attached hydrogens (tertiary/aromatic N) is 1. The summed E-state index contributed by atoms with van der Waals surface area (Å²) in [6.45, 7) is 9.66. The highest BCUT2D eigenvalue weighted by molar-refractivity contribution is 7.89. The standard InChI is InChI=1S/C20H29N3O5S/c1-12-10-15-16(28-13(2)18(24)21-15)11-17(12)29(26,27)23-8-6-14(7-9-23)19(25)22-20(3,4)5/h10-11,13-14H,6-9H2,1-5H3,(H,21,24)(H,22,25)/t13-/m1/s1. The van der Waals surface area contributed by atoms with Crippen molar-refractivity contribution < 1.29 is 22.7 Å². The van der Waals surface area contributed by atoms with Gasteiger partial charge in [-0.1, -0.05) is 0 Å². The lowest BCUT2D eigenvalue weighted by atomic mass is 9.96. The first kappa shape index (κ1) is 21.6. The lowest BCUT2D eigenvalue weighted by Crippen LogP contribution is -2.47. The number of carbonyl (C=O) groups excluding carboxylic acids is 2. The Morgan fingerprint density at radius 3 is 2.45 bits per heavy atom. The molecule has 29 heavy (non-hydrogen) atoms. The first-order valence-electron chi connectivity index (χ1n) is 9.83. The minimum atomic E-state index is -3.73. The van der Waals surface area contributed by atoms with Crippen LogP contribution in [0.3, 0.4) is 0 Å². The van der Waals surface area contributed by atoms with Gasteiger partial charge in [0.1, 0.15) is 5.75 Å². The number of amides is 2. The van der Waals surface area contributed by atoms with Crippen LogP contribution in [0.15, 0.2) is 17.0 Å². The van der Waals surface area contributed by atoms with Gasteiger partial charge in [-0.3, -0.25) is 9.59 Å². The van der Waals surface area contributed by atoms with E-state index in [0.717, 1.165) is 0 Å². The Hall–Kier alpha value is -2.13. The lowest BCUT2D eigenvalue weighted by Gasteiger charge is -2.33. The van der Waals surface area contributed by atoms with Crippen LogP contribution in [0.1, 0.15) is 46.1 Å². The number of fused-ring (bicyclic) bond motifs is 1. The third-order valence-corrected chi connectivity index (χ3v) is 7.19. The Kier molecular flexibility index (Phi) is 5.66. The van der Waals surface area contributed by atoms with Crippen LogP contribution >= 0.6 is 0 Å². The molecule has 8 nitrogen and oxygen atoms in total. The molecule has 0 bridgehead atoms. The van der Waals surface area contributed by atoms with Gasteiger partial charge in [-0.25, -0.2) is 8.42 Å². The molecule has 160 valence electrons. The van der Waals surface area contributed by atoms with Crippen LogP contribution in [-0.2, 0) is 19.6 Å². The van der Waals surface area contributed by atoms with E-state index in [1.54, 1.807) is 19.9 Å². The highest BCUT2D eigenvalue weighted by atomic mass is 32.2. The lowest BCUT2D eigenvalue weighted by molar-refractivity contribution is -0.127. The largest absolute Gasteiger partial charge is 0.479 e. The molecule has 3 rings (SSSR count). The van der Waals surface area contributed by atoms with Crippen molar-refractivity contribution in [2.24, 2.45) is 5.92 Å². The molecular weight excluding hydrogens is 394 g/mol. The molecule has 0 aromatic heterocycles. The summed E-state index contributed by atoms with van der Waals surface area (Å²) in [5.41, 5.74) is 0.699. The van der Waals surface area contributed by atoms with Crippen molar-refractivity contribution in [3.8, 4) is 5.75 Å². The van der Waals surface area contributed by atoms with Crippen LogP contribution in [0.2, 0.25) is 0 Å². The third kappa shape index (κ3) is 4.56. The number of benzene rings is 1. The summed E-state index contributed by atoms with van der Waals surface area (Å²) >= 11 is 0. The van der Waals surface area contributed by atoms with Crippen LogP contribution in [0.25, 0.3) is 0 Å². The molecule has 0 saturated carbocycles. The minimum absolute atomic E-state index is 0.0300. The summed E-state index contributed by atoms with van der Waals surface area (Å²) in [5.74, 6) is -0.133. The summed E-state index contributed by atoms with van der Waals surface area (Å²) in [4.78, 5) is 24.3. The monoisotopic (exact) mass is 423 g/mol. The van der Waals surface area contributed by atoms with Gasteiger partial charge in [0.05, 0.1) is 10.6 Å². The molecule has 1 fully saturated rings. The molecule has 0 unspecified atom stereocenters. The molecule has 1 saturated heterocycles. The highest BCUT2D eigenvalue weighted by Crippen LogP contribution is 2.36. The molecule has 2 aliphatic heterocycles. The van der Waals surface area contributed by atoms with Crippen LogP contribution < -0.4 is 15.4 Å². The van der Waals surface area contributed by atoms with Crippen molar-refractivity contribution in [3.63, 3.8) is 0 Å². The maximum atomic E-state index is 13.2. The number of hydrogen-bond acceptors (Lipinski definition) is 5. The van der Waals surface area contributed by atoms with E-state index in [1.165, 1.54) is 10.4 Å². The first-order valence-corrected chi connectivity index (χ1v) is 11.3. The van der Waals surface area contributed by atoms with E-state index < -0.39 is 16.1 Å². The molecule has 1 atom stereocenters. The first-order chi connectivity index (χ1) is 13.4. The smallest absolute Gasteiger partial charge is 0.265 e. The molecule has 1 aromatic rings. The van der Waals surface area contributed by atoms with Crippen LogP contribution in [-0.4, -0.2) is 49.3 Å². The maximum absolute atomic E-state index is 13.2. The van der Waals surface area contributed by atoms with Crippen LogP contribution in [0.5, 0.6) is 5.75 Å². The molecule has 2 aliphatic rings. The number of sulfonamides is 1. The Morgan fingerprint density at radius 1 is 1.24 bits per heavy atom. The van der Waals surface area contributed by atoms with Gasteiger partial charge >= 0.3 is 0 Å². The second-order valence-electron chi connectivity index (χ2n) is 8.78. The van der Waals surface area contributed by atoms with E-state index in [9.17, 15) is 18.0 Å². The molecule has 0 aliphatic carbocycles. The quantitative estimate of drug-likeness (QED) is 0.774. The molecule has 0 radical (unpaired) electrons. The normalized spacial score (nSPS) is 21.1. The van der Waals surface area contributed by atoms with Gasteiger partial charge in [-0.05, 0) is 59.1 Å². The Labute approximate surface area is 172 Å². The fourth-order valence-electron chi connectivity index (χ4n) is 3.59. The molecule has 2 amide bonds. The number of carbonyl (C=O) groups is 2. The topological polar surface area (TPSA) is 105 Å². The number of hydrogen-bond donors (Lipinski definition) is 2. The zero-order valence-corrected chi connectivity index (χ0v) is 18.4. The van der Waals surface area contributed by atoms with E-state index in [0.29, 0.717) is 29.8 Å². The molecular formula is C20H29N3O5S. The van der Waals surface area contributed by atoms with Crippen LogP contribution in [0, 0.1) is 12.8 Å². The number of ether oxygens (including phenoxy) is 1. The molecule has 9 heteroatoms. The minimum Gasteiger partial charge on any atom is -0.479 e. The van der Waals surface area contributed by atoms with E-state index in [-0.39, 0.29) is 41.3 Å². The second-order valence-corrected chi connectivity index (χ2v) is 10.7. The van der Waals surface area contributed by atoms with Crippen molar-refractivity contribution in [3.05, 3.63) is 17.7 Å². The zero-order chi connectivity index (χ0) is 21.6. The van der Waals surface area contributed by atoms with Crippen molar-refractivity contribution in [2.75, 3.05) is 18.4 Å². The summed E-state index contributed by atoms with van der Waals surface area (Å²) in [5, 5.41) is 5.70. The predicted octanol–water partition coefficient (Wildman–Crippen LogP) is 2.03. The van der Waals surface area contributed by atoms with Crippen molar-refractivity contribution in [1.82, 2.24) is 9.62 Å². The maximum Gasteiger partial charge on any atom is 0.265 e. The van der Waals surface area contributed by atoms with Gasteiger partial charge in [0, 0.05) is 30.6 Å². The molecule has 2 heterocycles. The van der Waals surface area contributed by atoms with Crippen molar-refractivity contribution in [2.45, 2.75) is 64.0 Å². The number of rotatable bonds is 3. The average Bonchev–Trinajstić information content (AvgIpc) is 2.61. The number of nitrogens with one attached hydrogen (secondary N) is 2. The van der Waals surface area contributed by atoms with Gasteiger partial charge < -0.3 is 15.4 Å². The number of piperidine rings is 1. The van der Waals surface area contributed by atoms with E-state index in [2.05, 4.69) is 10.6 Å². The second kappa shape index (κ2) is 7.60. The summed E-state index contributed by atoms with van der Waals surface area (Å²) in [6.07, 6.45) is 0.279. The van der Waals surface area contributed by atoms with Gasteiger partial charge in [0.15, 0.2) is 6.10 Å². The van der Waals surface area contributed by atoms with Gasteiger partial charge in [0.2, 0.25) is 15.9 Å². The van der Waals surface area contributed by atoms with Crippen LogP contribution in [0.4, 0.5) is 5.69 Å². The summed E-state index contributed by atoms with van der Waals surface area (Å²) in [6, 6.07) is 3.10. The number of anilines is 1. The third-order valence-electron chi connectivity index (χ3n) is 5.15. The van der Waals surface area contributed by atoms with E-state index >= 15 is 0 Å². The van der Waals surface area contributed by atoms with Crippen molar-refractivity contribution >= 4 is 27.5 Å². The van der Waals surface area contributed by atoms with Gasteiger partial charge in [0.25, 0.3) is 5.91 Å². The SMILES string of the molecule is Cc1cc2c(cc1S(=O)(=O)N1CCC(C(=O)NC(C)(C)C)CC1)O[C@H](C)C(=O)N2. The van der Waals surface area contributed by atoms with E-state index in [1.807, 2.05) is 20.8 Å². The Balaban J connectivity index is 1.76. The average molecular weight is 424 g/mol. The van der Waals surface area contributed by atoms with E-state index in [4.69, 9.17) is 4.74 Å². The molecule has 2 N–H and O–H groups in total. The zero-order valence-electron chi connectivity index (χ0n) is 17.5. The molecule has 1 aromatic carbocycles. The summed E-state index contributed by atoms with van der Waals surface area (Å²) < 4.78 is 33.4. The fraction of sp³-hybridized carbons (Fsp3) is 0.600. The van der Waals surface area contributed by atoms with Crippen molar-refractivity contribution in [1.29, 1.82) is 0 Å². The van der Waals surface area contributed by atoms with Gasteiger partial charge in [-0.15, -0.1) is 0 Å². The summed E-state index contributed by atoms with van der Waals surface area (Å²) in [7, 11) is -3.73. The highest BCUT2D eigenvalue weighted by Gasteiger charge is 2.35. The predicted molar refractivity (Wildman–Crippen MR) is 109 cm³/mol. The molecule has 0 spiro atoms. The Morgan fingerprint density at radius 2 is 1.86 bits per heavy atom. The Bertz CT molecular complexity index is 928.